The van der Waals surface area contributed by atoms with Crippen molar-refractivity contribution in [2.75, 3.05) is 0 Å². The summed E-state index contributed by atoms with van der Waals surface area (Å²) in [5.74, 6) is 1.72. The zero-order valence-electron chi connectivity index (χ0n) is 12.4. The van der Waals surface area contributed by atoms with E-state index in [1.807, 2.05) is 12.4 Å². The Bertz CT molecular complexity index is 583. The second kappa shape index (κ2) is 5.52. The van der Waals surface area contributed by atoms with Gasteiger partial charge in [-0.1, -0.05) is 13.3 Å². The number of hydrogen-bond donors (Lipinski definition) is 1. The van der Waals surface area contributed by atoms with E-state index in [9.17, 15) is 0 Å². The van der Waals surface area contributed by atoms with Crippen molar-refractivity contribution in [3.05, 3.63) is 24.3 Å². The highest BCUT2D eigenvalue weighted by atomic mass is 15.1. The third-order valence-corrected chi connectivity index (χ3v) is 4.17. The van der Waals surface area contributed by atoms with Crippen molar-refractivity contribution >= 4 is 11.0 Å². The molecule has 2 aromatic rings. The number of pyridine rings is 1. The SMILES string of the molecule is CC(N)CCCC(C)c1nc2cnccc2n1C1CC1. The maximum absolute atomic E-state index is 5.84. The largest absolute Gasteiger partial charge is 0.328 e. The summed E-state index contributed by atoms with van der Waals surface area (Å²) in [5.41, 5.74) is 8.12. The smallest absolute Gasteiger partial charge is 0.113 e. The van der Waals surface area contributed by atoms with Gasteiger partial charge in [0.1, 0.15) is 11.3 Å². The van der Waals surface area contributed by atoms with Gasteiger partial charge in [0, 0.05) is 24.2 Å². The van der Waals surface area contributed by atoms with Crippen molar-refractivity contribution < 1.29 is 0 Å². The van der Waals surface area contributed by atoms with Gasteiger partial charge < -0.3 is 10.3 Å². The molecule has 2 aromatic heterocycles. The molecule has 0 bridgehead atoms. The molecule has 1 aliphatic carbocycles. The summed E-state index contributed by atoms with van der Waals surface area (Å²) in [6, 6.07) is 3.06. The van der Waals surface area contributed by atoms with Crippen molar-refractivity contribution in [1.29, 1.82) is 0 Å². The predicted molar refractivity (Wildman–Crippen MR) is 81.7 cm³/mol. The Labute approximate surface area is 120 Å². The zero-order valence-corrected chi connectivity index (χ0v) is 12.4. The molecule has 0 saturated heterocycles. The van der Waals surface area contributed by atoms with Gasteiger partial charge in [-0.25, -0.2) is 4.98 Å². The standard InChI is InChI=1S/C16H24N4/c1-11(4-3-5-12(2)17)16-19-14-10-18-9-8-15(14)20(16)13-6-7-13/h8-13H,3-7,17H2,1-2H3. The van der Waals surface area contributed by atoms with Gasteiger partial charge in [-0.3, -0.25) is 4.98 Å². The van der Waals surface area contributed by atoms with E-state index in [-0.39, 0.29) is 0 Å². The van der Waals surface area contributed by atoms with Crippen LogP contribution >= 0.6 is 0 Å². The van der Waals surface area contributed by atoms with E-state index < -0.39 is 0 Å². The van der Waals surface area contributed by atoms with E-state index in [0.29, 0.717) is 18.0 Å². The van der Waals surface area contributed by atoms with Gasteiger partial charge >= 0.3 is 0 Å². The Morgan fingerprint density at radius 1 is 1.35 bits per heavy atom. The molecule has 3 rings (SSSR count). The van der Waals surface area contributed by atoms with Crippen LogP contribution in [0.15, 0.2) is 18.5 Å². The predicted octanol–water partition coefficient (Wildman–Crippen LogP) is 3.39. The van der Waals surface area contributed by atoms with E-state index in [1.165, 1.54) is 30.6 Å². The molecular formula is C16H24N4. The number of nitrogens with two attached hydrogens (primary N) is 1. The Morgan fingerprint density at radius 2 is 2.15 bits per heavy atom. The van der Waals surface area contributed by atoms with Crippen LogP contribution in [0.3, 0.4) is 0 Å². The lowest BCUT2D eigenvalue weighted by Crippen LogP contribution is -2.14. The molecule has 108 valence electrons. The van der Waals surface area contributed by atoms with Crippen LogP contribution in [0.1, 0.15) is 63.7 Å². The minimum atomic E-state index is 0.300. The van der Waals surface area contributed by atoms with Crippen molar-refractivity contribution in [2.24, 2.45) is 5.73 Å². The molecule has 2 N–H and O–H groups in total. The van der Waals surface area contributed by atoms with Crippen molar-refractivity contribution in [3.63, 3.8) is 0 Å². The number of hydrogen-bond acceptors (Lipinski definition) is 3. The topological polar surface area (TPSA) is 56.7 Å². The molecule has 2 atom stereocenters. The molecule has 1 saturated carbocycles. The third kappa shape index (κ3) is 2.70. The fourth-order valence-electron chi connectivity index (χ4n) is 2.91. The quantitative estimate of drug-likeness (QED) is 0.877. The molecule has 0 aliphatic heterocycles. The molecule has 2 heterocycles. The Balaban J connectivity index is 1.84. The number of imidazole rings is 1. The molecule has 1 aliphatic rings. The lowest BCUT2D eigenvalue weighted by Gasteiger charge is -2.14. The highest BCUT2D eigenvalue weighted by molar-refractivity contribution is 5.75. The van der Waals surface area contributed by atoms with Crippen LogP contribution in [0.5, 0.6) is 0 Å². The van der Waals surface area contributed by atoms with Gasteiger partial charge in [0.15, 0.2) is 0 Å². The summed E-state index contributed by atoms with van der Waals surface area (Å²) in [7, 11) is 0. The fraction of sp³-hybridized carbons (Fsp3) is 0.625. The first kappa shape index (κ1) is 13.6. The van der Waals surface area contributed by atoms with Gasteiger partial charge in [0.25, 0.3) is 0 Å². The summed E-state index contributed by atoms with van der Waals surface area (Å²) in [4.78, 5) is 9.04. The molecule has 0 radical (unpaired) electrons. The summed E-state index contributed by atoms with van der Waals surface area (Å²) in [6.07, 6.45) is 9.74. The molecule has 4 heteroatoms. The maximum Gasteiger partial charge on any atom is 0.113 e. The molecule has 0 aromatic carbocycles. The van der Waals surface area contributed by atoms with E-state index in [1.54, 1.807) is 0 Å². The highest BCUT2D eigenvalue weighted by Gasteiger charge is 2.29. The summed E-state index contributed by atoms with van der Waals surface area (Å²) in [5, 5.41) is 0. The van der Waals surface area contributed by atoms with Crippen LogP contribution in [0, 0.1) is 0 Å². The first-order chi connectivity index (χ1) is 9.66. The van der Waals surface area contributed by atoms with Gasteiger partial charge in [0.2, 0.25) is 0 Å². The minimum absolute atomic E-state index is 0.300. The zero-order chi connectivity index (χ0) is 14.1. The van der Waals surface area contributed by atoms with E-state index >= 15 is 0 Å². The van der Waals surface area contributed by atoms with Crippen LogP contribution in [-0.4, -0.2) is 20.6 Å². The normalized spacial score (nSPS) is 18.4. The lowest BCUT2D eigenvalue weighted by molar-refractivity contribution is 0.526. The Kier molecular flexibility index (Phi) is 3.74. The average Bonchev–Trinajstić information content (AvgIpc) is 3.18. The molecule has 0 spiro atoms. The number of rotatable bonds is 6. The molecule has 4 nitrogen and oxygen atoms in total. The van der Waals surface area contributed by atoms with Crippen molar-refractivity contribution in [2.45, 2.75) is 64.0 Å². The van der Waals surface area contributed by atoms with Crippen LogP contribution in [0.4, 0.5) is 0 Å². The van der Waals surface area contributed by atoms with E-state index in [2.05, 4.69) is 29.5 Å². The average molecular weight is 272 g/mol. The van der Waals surface area contributed by atoms with Gasteiger partial charge in [-0.2, -0.15) is 0 Å². The van der Waals surface area contributed by atoms with Crippen LogP contribution in [0.25, 0.3) is 11.0 Å². The van der Waals surface area contributed by atoms with E-state index in [4.69, 9.17) is 10.7 Å². The third-order valence-electron chi connectivity index (χ3n) is 4.17. The molecule has 1 fully saturated rings. The lowest BCUT2D eigenvalue weighted by atomic mass is 10.0. The Morgan fingerprint density at radius 3 is 2.85 bits per heavy atom. The van der Waals surface area contributed by atoms with Crippen LogP contribution in [0.2, 0.25) is 0 Å². The van der Waals surface area contributed by atoms with Crippen LogP contribution < -0.4 is 5.73 Å². The number of nitrogens with zero attached hydrogens (tertiary/aromatic N) is 3. The van der Waals surface area contributed by atoms with Gasteiger partial charge in [-0.05, 0) is 38.7 Å². The summed E-state index contributed by atoms with van der Waals surface area (Å²) < 4.78 is 2.45. The van der Waals surface area contributed by atoms with Crippen molar-refractivity contribution in [1.82, 2.24) is 14.5 Å². The second-order valence-electron chi connectivity index (χ2n) is 6.24. The van der Waals surface area contributed by atoms with Gasteiger partial charge in [-0.15, -0.1) is 0 Å². The molecule has 2 unspecified atom stereocenters. The highest BCUT2D eigenvalue weighted by Crippen LogP contribution is 2.40. The fourth-order valence-corrected chi connectivity index (χ4v) is 2.91. The van der Waals surface area contributed by atoms with Gasteiger partial charge in [0.05, 0.1) is 11.7 Å². The first-order valence-electron chi connectivity index (χ1n) is 7.74. The molecular weight excluding hydrogens is 248 g/mol. The molecule has 0 amide bonds. The van der Waals surface area contributed by atoms with E-state index in [0.717, 1.165) is 18.4 Å². The minimum Gasteiger partial charge on any atom is -0.328 e. The van der Waals surface area contributed by atoms with Crippen LogP contribution in [-0.2, 0) is 0 Å². The second-order valence-corrected chi connectivity index (χ2v) is 6.24. The number of aromatic nitrogens is 3. The Hall–Kier alpha value is -1.42. The maximum atomic E-state index is 5.84. The monoisotopic (exact) mass is 272 g/mol. The summed E-state index contributed by atoms with van der Waals surface area (Å²) in [6.45, 7) is 4.37. The number of fused-ring (bicyclic) bond motifs is 1. The molecule has 20 heavy (non-hydrogen) atoms. The van der Waals surface area contributed by atoms with Crippen molar-refractivity contribution in [3.8, 4) is 0 Å². The summed E-state index contributed by atoms with van der Waals surface area (Å²) >= 11 is 0. The first-order valence-corrected chi connectivity index (χ1v) is 7.74.